The van der Waals surface area contributed by atoms with Crippen molar-refractivity contribution in [2.24, 2.45) is 0 Å². The van der Waals surface area contributed by atoms with Crippen LogP contribution in [0, 0.1) is 13.8 Å². The number of H-pyrrole nitrogens is 1. The number of nitrogens with zero attached hydrogens (tertiary/aromatic N) is 7. The molecule has 3 rings (SSSR count). The molecule has 0 aliphatic carbocycles. The molecule has 0 aromatic carbocycles. The largest absolute Gasteiger partial charge is 0.408 e. The average molecular weight is 354 g/mol. The van der Waals surface area contributed by atoms with Gasteiger partial charge in [0.15, 0.2) is 5.82 Å². The molecule has 3 aromatic heterocycles. The second-order valence-corrected chi connectivity index (χ2v) is 5.88. The zero-order chi connectivity index (χ0) is 18.2. The zero-order valence-electron chi connectivity index (χ0n) is 13.9. The molecule has 0 radical (unpaired) electrons. The monoisotopic (exact) mass is 354 g/mol. The fraction of sp³-hybridized carbons (Fsp3) is 0.500. The number of aromatic nitrogens is 8. The standard InChI is InChI=1S/C14H17F3N8/c1-8-4-9(2)25(22-8)10(3)5-11-20-13(12-18-7-19-21-12)23-24(11)6-14(15,16)17/h4,7,10H,5-6H2,1-3H3,(H,18,19,21). The highest BCUT2D eigenvalue weighted by Crippen LogP contribution is 2.22. The van der Waals surface area contributed by atoms with Crippen molar-refractivity contribution in [1.82, 2.24) is 39.7 Å². The zero-order valence-corrected chi connectivity index (χ0v) is 13.9. The van der Waals surface area contributed by atoms with E-state index in [1.54, 1.807) is 4.68 Å². The SMILES string of the molecule is Cc1cc(C)n(C(C)Cc2nc(-c3ncn[nH]3)nn2CC(F)(F)F)n1. The van der Waals surface area contributed by atoms with Crippen molar-refractivity contribution >= 4 is 0 Å². The van der Waals surface area contributed by atoms with Crippen LogP contribution in [0.4, 0.5) is 13.2 Å². The third kappa shape index (κ3) is 3.86. The molecule has 0 spiro atoms. The number of aryl methyl sites for hydroxylation is 2. The van der Waals surface area contributed by atoms with Gasteiger partial charge < -0.3 is 0 Å². The van der Waals surface area contributed by atoms with E-state index in [-0.39, 0.29) is 29.9 Å². The van der Waals surface area contributed by atoms with Gasteiger partial charge in [0.1, 0.15) is 18.7 Å². The summed E-state index contributed by atoms with van der Waals surface area (Å²) in [4.78, 5) is 8.10. The summed E-state index contributed by atoms with van der Waals surface area (Å²) in [6.45, 7) is 4.43. The number of aromatic amines is 1. The highest BCUT2D eigenvalue weighted by molar-refractivity contribution is 5.40. The second-order valence-electron chi connectivity index (χ2n) is 5.88. The number of halogens is 3. The molecule has 1 unspecified atom stereocenters. The van der Waals surface area contributed by atoms with Gasteiger partial charge in [-0.05, 0) is 26.8 Å². The van der Waals surface area contributed by atoms with E-state index in [0.29, 0.717) is 0 Å². The van der Waals surface area contributed by atoms with Gasteiger partial charge in [-0.3, -0.25) is 9.78 Å². The van der Waals surface area contributed by atoms with Gasteiger partial charge in [-0.15, -0.1) is 5.10 Å². The first-order valence-corrected chi connectivity index (χ1v) is 7.62. The topological polar surface area (TPSA) is 90.1 Å². The first-order valence-electron chi connectivity index (χ1n) is 7.62. The Hall–Kier alpha value is -2.72. The molecule has 0 aliphatic heterocycles. The van der Waals surface area contributed by atoms with Crippen LogP contribution in [0.1, 0.15) is 30.2 Å². The van der Waals surface area contributed by atoms with E-state index in [2.05, 4.69) is 30.4 Å². The first kappa shape index (κ1) is 17.1. The van der Waals surface area contributed by atoms with E-state index in [4.69, 9.17) is 0 Å². The van der Waals surface area contributed by atoms with Crippen molar-refractivity contribution in [3.63, 3.8) is 0 Å². The molecule has 0 aliphatic rings. The van der Waals surface area contributed by atoms with Crippen LogP contribution in [0.2, 0.25) is 0 Å². The maximum Gasteiger partial charge on any atom is 0.408 e. The van der Waals surface area contributed by atoms with Crippen LogP contribution in [0.5, 0.6) is 0 Å². The van der Waals surface area contributed by atoms with Gasteiger partial charge in [0, 0.05) is 12.1 Å². The van der Waals surface area contributed by atoms with Crippen molar-refractivity contribution in [2.45, 2.75) is 46.0 Å². The fourth-order valence-electron chi connectivity index (χ4n) is 2.68. The number of hydrogen-bond acceptors (Lipinski definition) is 5. The van der Waals surface area contributed by atoms with Crippen molar-refractivity contribution in [3.05, 3.63) is 29.6 Å². The van der Waals surface area contributed by atoms with Gasteiger partial charge in [0.05, 0.1) is 11.7 Å². The van der Waals surface area contributed by atoms with Crippen LogP contribution in [-0.4, -0.2) is 45.9 Å². The number of hydrogen-bond donors (Lipinski definition) is 1. The van der Waals surface area contributed by atoms with Gasteiger partial charge in [-0.2, -0.15) is 23.4 Å². The van der Waals surface area contributed by atoms with E-state index in [9.17, 15) is 13.2 Å². The first-order chi connectivity index (χ1) is 11.7. The Morgan fingerprint density at radius 1 is 1.24 bits per heavy atom. The quantitative estimate of drug-likeness (QED) is 0.759. The lowest BCUT2D eigenvalue weighted by Crippen LogP contribution is -2.22. The fourth-order valence-corrected chi connectivity index (χ4v) is 2.68. The Morgan fingerprint density at radius 3 is 2.56 bits per heavy atom. The van der Waals surface area contributed by atoms with Crippen LogP contribution in [0.25, 0.3) is 11.6 Å². The maximum absolute atomic E-state index is 12.9. The van der Waals surface area contributed by atoms with E-state index < -0.39 is 12.7 Å². The highest BCUT2D eigenvalue weighted by Gasteiger charge is 2.31. The van der Waals surface area contributed by atoms with Crippen molar-refractivity contribution in [1.29, 1.82) is 0 Å². The third-order valence-electron chi connectivity index (χ3n) is 3.64. The molecule has 1 atom stereocenters. The molecule has 0 fully saturated rings. The predicted octanol–water partition coefficient (Wildman–Crippen LogP) is 2.24. The summed E-state index contributed by atoms with van der Waals surface area (Å²) >= 11 is 0. The lowest BCUT2D eigenvalue weighted by Gasteiger charge is -2.15. The smallest absolute Gasteiger partial charge is 0.266 e. The highest BCUT2D eigenvalue weighted by atomic mass is 19.4. The summed E-state index contributed by atoms with van der Waals surface area (Å²) in [6.07, 6.45) is -2.90. The minimum atomic E-state index is -4.40. The number of rotatable bonds is 5. The summed E-state index contributed by atoms with van der Waals surface area (Å²) in [5, 5.41) is 14.5. The average Bonchev–Trinajstić information content (AvgIpc) is 3.19. The van der Waals surface area contributed by atoms with Gasteiger partial charge >= 0.3 is 6.18 Å². The van der Waals surface area contributed by atoms with Crippen LogP contribution in [-0.2, 0) is 13.0 Å². The summed E-state index contributed by atoms with van der Waals surface area (Å²) in [7, 11) is 0. The molecule has 0 amide bonds. The van der Waals surface area contributed by atoms with Crippen LogP contribution in [0.15, 0.2) is 12.4 Å². The van der Waals surface area contributed by atoms with E-state index in [0.717, 1.165) is 16.1 Å². The molecule has 0 saturated heterocycles. The van der Waals surface area contributed by atoms with E-state index in [1.807, 2.05) is 26.8 Å². The molecular formula is C14H17F3N8. The Kier molecular flexibility index (Phi) is 4.31. The minimum Gasteiger partial charge on any atom is -0.266 e. The van der Waals surface area contributed by atoms with Crippen molar-refractivity contribution in [3.8, 4) is 11.6 Å². The Balaban J connectivity index is 1.91. The lowest BCUT2D eigenvalue weighted by molar-refractivity contribution is -0.143. The number of alkyl halides is 3. The molecule has 11 heteroatoms. The Bertz CT molecular complexity index is 846. The summed E-state index contributed by atoms with van der Waals surface area (Å²) < 4.78 is 41.2. The second kappa shape index (κ2) is 6.30. The van der Waals surface area contributed by atoms with E-state index in [1.165, 1.54) is 6.33 Å². The van der Waals surface area contributed by atoms with Crippen molar-refractivity contribution < 1.29 is 13.2 Å². The normalized spacial score (nSPS) is 13.4. The van der Waals surface area contributed by atoms with Gasteiger partial charge in [0.2, 0.25) is 5.82 Å². The summed E-state index contributed by atoms with van der Waals surface area (Å²) in [5.74, 6) is 0.516. The predicted molar refractivity (Wildman–Crippen MR) is 81.6 cm³/mol. The third-order valence-corrected chi connectivity index (χ3v) is 3.64. The van der Waals surface area contributed by atoms with Crippen LogP contribution >= 0.6 is 0 Å². The molecule has 25 heavy (non-hydrogen) atoms. The van der Waals surface area contributed by atoms with Crippen molar-refractivity contribution in [2.75, 3.05) is 0 Å². The minimum absolute atomic E-state index is 0.0808. The number of nitrogens with one attached hydrogen (secondary N) is 1. The van der Waals surface area contributed by atoms with Crippen LogP contribution in [0.3, 0.4) is 0 Å². The molecule has 134 valence electrons. The molecule has 0 saturated carbocycles. The van der Waals surface area contributed by atoms with E-state index >= 15 is 0 Å². The molecular weight excluding hydrogens is 337 g/mol. The summed E-state index contributed by atoms with van der Waals surface area (Å²) in [6, 6.07) is 1.74. The molecule has 3 heterocycles. The summed E-state index contributed by atoms with van der Waals surface area (Å²) in [5.41, 5.74) is 1.78. The van der Waals surface area contributed by atoms with Gasteiger partial charge in [-0.25, -0.2) is 14.6 Å². The Morgan fingerprint density at radius 2 is 2.00 bits per heavy atom. The molecule has 0 bridgehead atoms. The van der Waals surface area contributed by atoms with Gasteiger partial charge in [-0.1, -0.05) is 0 Å². The Labute approximate surface area is 141 Å². The lowest BCUT2D eigenvalue weighted by atomic mass is 10.2. The molecule has 3 aromatic rings. The molecule has 1 N–H and O–H groups in total. The van der Waals surface area contributed by atoms with Crippen LogP contribution < -0.4 is 0 Å². The molecule has 8 nitrogen and oxygen atoms in total. The van der Waals surface area contributed by atoms with Gasteiger partial charge in [0.25, 0.3) is 0 Å². The maximum atomic E-state index is 12.9.